The predicted octanol–water partition coefficient (Wildman–Crippen LogP) is 2.35. The minimum atomic E-state index is -0.384. The molecule has 3 rings (SSSR count). The molecule has 1 aliphatic heterocycles. The summed E-state index contributed by atoms with van der Waals surface area (Å²) in [5, 5.41) is 14.2. The number of aromatic nitrogens is 2. The molecule has 0 bridgehead atoms. The van der Waals surface area contributed by atoms with E-state index in [1.54, 1.807) is 12.1 Å². The van der Waals surface area contributed by atoms with Crippen LogP contribution in [0.4, 0.5) is 15.6 Å². The summed E-state index contributed by atoms with van der Waals surface area (Å²) in [4.78, 5) is 25.8. The quantitative estimate of drug-likeness (QED) is 0.900. The van der Waals surface area contributed by atoms with Crippen molar-refractivity contribution in [3.8, 4) is 0 Å². The number of carbonyl (C=O) groups is 2. The normalized spacial score (nSPS) is 13.8. The van der Waals surface area contributed by atoms with Crippen molar-refractivity contribution in [3.63, 3.8) is 0 Å². The molecule has 0 spiro atoms. The first-order valence-electron chi connectivity index (χ1n) is 7.44. The molecular weight excluding hydrogens is 314 g/mol. The van der Waals surface area contributed by atoms with Gasteiger partial charge in [0.2, 0.25) is 11.0 Å². The molecular formula is C15H17N5O2S. The zero-order valence-electron chi connectivity index (χ0n) is 12.5. The SMILES string of the molecule is O=C(Nc1ccccc1)Nc1nnc(CC(=O)N2CCCC2)s1. The fourth-order valence-electron chi connectivity index (χ4n) is 2.36. The van der Waals surface area contributed by atoms with Gasteiger partial charge in [0.15, 0.2) is 0 Å². The van der Waals surface area contributed by atoms with Gasteiger partial charge in [0.1, 0.15) is 5.01 Å². The topological polar surface area (TPSA) is 87.2 Å². The second-order valence-corrected chi connectivity index (χ2v) is 6.27. The maximum atomic E-state index is 12.1. The average Bonchev–Trinajstić information content (AvgIpc) is 3.20. The van der Waals surface area contributed by atoms with Gasteiger partial charge in [-0.15, -0.1) is 10.2 Å². The maximum absolute atomic E-state index is 12.1. The first-order chi connectivity index (χ1) is 11.2. The van der Waals surface area contributed by atoms with Crippen molar-refractivity contribution in [1.29, 1.82) is 0 Å². The Morgan fingerprint density at radius 1 is 1.09 bits per heavy atom. The van der Waals surface area contributed by atoms with Crippen molar-refractivity contribution in [2.45, 2.75) is 19.3 Å². The molecule has 2 aromatic rings. The number of carbonyl (C=O) groups excluding carboxylic acids is 2. The molecule has 0 atom stereocenters. The molecule has 1 saturated heterocycles. The predicted molar refractivity (Wildman–Crippen MR) is 88.5 cm³/mol. The van der Waals surface area contributed by atoms with E-state index in [0.29, 0.717) is 15.8 Å². The van der Waals surface area contributed by atoms with Crippen LogP contribution in [-0.2, 0) is 11.2 Å². The number of amides is 3. The van der Waals surface area contributed by atoms with E-state index >= 15 is 0 Å². The molecule has 1 aromatic carbocycles. The number of nitrogens with one attached hydrogen (secondary N) is 2. The number of anilines is 2. The molecule has 0 saturated carbocycles. The van der Waals surface area contributed by atoms with E-state index in [4.69, 9.17) is 0 Å². The molecule has 23 heavy (non-hydrogen) atoms. The Morgan fingerprint density at radius 3 is 2.57 bits per heavy atom. The first kappa shape index (κ1) is 15.4. The number of likely N-dealkylation sites (tertiary alicyclic amines) is 1. The van der Waals surface area contributed by atoms with Gasteiger partial charge < -0.3 is 10.2 Å². The van der Waals surface area contributed by atoms with E-state index < -0.39 is 0 Å². The van der Waals surface area contributed by atoms with Crippen LogP contribution in [0, 0.1) is 0 Å². The van der Waals surface area contributed by atoms with E-state index in [-0.39, 0.29) is 18.4 Å². The van der Waals surface area contributed by atoms with Gasteiger partial charge in [0, 0.05) is 18.8 Å². The Balaban J connectivity index is 1.52. The van der Waals surface area contributed by atoms with Crippen molar-refractivity contribution < 1.29 is 9.59 Å². The molecule has 1 aliphatic rings. The first-order valence-corrected chi connectivity index (χ1v) is 8.25. The van der Waals surface area contributed by atoms with Crippen molar-refractivity contribution in [1.82, 2.24) is 15.1 Å². The number of benzene rings is 1. The zero-order valence-corrected chi connectivity index (χ0v) is 13.3. The molecule has 3 amide bonds. The standard InChI is InChI=1S/C15H17N5O2S/c21-13(20-8-4-5-9-20)10-12-18-19-15(23-12)17-14(22)16-11-6-2-1-3-7-11/h1-3,6-7H,4-5,8-10H2,(H2,16,17,19,22). The van der Waals surface area contributed by atoms with Crippen LogP contribution in [0.2, 0.25) is 0 Å². The van der Waals surface area contributed by atoms with E-state index in [0.717, 1.165) is 25.9 Å². The van der Waals surface area contributed by atoms with Crippen LogP contribution in [0.15, 0.2) is 30.3 Å². The van der Waals surface area contributed by atoms with Crippen LogP contribution in [0.25, 0.3) is 0 Å². The maximum Gasteiger partial charge on any atom is 0.325 e. The highest BCUT2D eigenvalue weighted by Crippen LogP contribution is 2.18. The third-order valence-electron chi connectivity index (χ3n) is 3.48. The second kappa shape index (κ2) is 7.19. The minimum absolute atomic E-state index is 0.0685. The number of hydrogen-bond donors (Lipinski definition) is 2. The summed E-state index contributed by atoms with van der Waals surface area (Å²) in [6.45, 7) is 1.64. The van der Waals surface area contributed by atoms with Gasteiger partial charge in [-0.25, -0.2) is 4.79 Å². The summed E-state index contributed by atoms with van der Waals surface area (Å²) in [6, 6.07) is 8.74. The number of nitrogens with zero attached hydrogens (tertiary/aromatic N) is 3. The highest BCUT2D eigenvalue weighted by Gasteiger charge is 2.20. The number of para-hydroxylation sites is 1. The van der Waals surface area contributed by atoms with Gasteiger partial charge in [0.05, 0.1) is 6.42 Å². The molecule has 1 aromatic heterocycles. The smallest absolute Gasteiger partial charge is 0.325 e. The van der Waals surface area contributed by atoms with Crippen LogP contribution in [0.5, 0.6) is 0 Å². The molecule has 2 N–H and O–H groups in total. The third-order valence-corrected chi connectivity index (χ3v) is 4.32. The fraction of sp³-hybridized carbons (Fsp3) is 0.333. The number of hydrogen-bond acceptors (Lipinski definition) is 5. The Hall–Kier alpha value is -2.48. The fourth-order valence-corrected chi connectivity index (χ4v) is 3.09. The lowest BCUT2D eigenvalue weighted by atomic mass is 10.3. The van der Waals surface area contributed by atoms with Crippen LogP contribution >= 0.6 is 11.3 Å². The summed E-state index contributed by atoms with van der Waals surface area (Å²) < 4.78 is 0. The van der Waals surface area contributed by atoms with Crippen LogP contribution < -0.4 is 10.6 Å². The molecule has 8 heteroatoms. The number of urea groups is 1. The summed E-state index contributed by atoms with van der Waals surface area (Å²) in [7, 11) is 0. The van der Waals surface area contributed by atoms with E-state index in [9.17, 15) is 9.59 Å². The second-order valence-electron chi connectivity index (χ2n) is 5.21. The Labute approximate surface area is 137 Å². The van der Waals surface area contributed by atoms with Gasteiger partial charge >= 0.3 is 6.03 Å². The summed E-state index contributed by atoms with van der Waals surface area (Å²) in [6.07, 6.45) is 2.36. The lowest BCUT2D eigenvalue weighted by Crippen LogP contribution is -2.28. The third kappa shape index (κ3) is 4.26. The van der Waals surface area contributed by atoms with Crippen molar-refractivity contribution >= 4 is 34.1 Å². The van der Waals surface area contributed by atoms with Crippen molar-refractivity contribution in [3.05, 3.63) is 35.3 Å². The molecule has 0 aliphatic carbocycles. The monoisotopic (exact) mass is 331 g/mol. The molecule has 7 nitrogen and oxygen atoms in total. The van der Waals surface area contributed by atoms with Crippen molar-refractivity contribution in [2.24, 2.45) is 0 Å². The highest BCUT2D eigenvalue weighted by atomic mass is 32.1. The average molecular weight is 331 g/mol. The van der Waals surface area contributed by atoms with E-state index in [2.05, 4.69) is 20.8 Å². The minimum Gasteiger partial charge on any atom is -0.342 e. The van der Waals surface area contributed by atoms with Crippen LogP contribution in [0.1, 0.15) is 17.8 Å². The van der Waals surface area contributed by atoms with Gasteiger partial charge in [-0.3, -0.25) is 10.1 Å². The van der Waals surface area contributed by atoms with Crippen molar-refractivity contribution in [2.75, 3.05) is 23.7 Å². The largest absolute Gasteiger partial charge is 0.342 e. The summed E-state index contributed by atoms with van der Waals surface area (Å²) in [5.41, 5.74) is 0.693. The molecule has 2 heterocycles. The zero-order chi connectivity index (χ0) is 16.1. The number of rotatable bonds is 4. The van der Waals surface area contributed by atoms with Crippen LogP contribution in [-0.4, -0.2) is 40.1 Å². The van der Waals surface area contributed by atoms with Crippen LogP contribution in [0.3, 0.4) is 0 Å². The molecule has 120 valence electrons. The van der Waals surface area contributed by atoms with E-state index in [1.807, 2.05) is 23.1 Å². The summed E-state index contributed by atoms with van der Waals surface area (Å²) >= 11 is 1.22. The molecule has 1 fully saturated rings. The Bertz CT molecular complexity index is 682. The summed E-state index contributed by atoms with van der Waals surface area (Å²) in [5.74, 6) is 0.0685. The highest BCUT2D eigenvalue weighted by molar-refractivity contribution is 7.15. The van der Waals surface area contributed by atoms with E-state index in [1.165, 1.54) is 11.3 Å². The van der Waals surface area contributed by atoms with Gasteiger partial charge in [-0.05, 0) is 25.0 Å². The lowest BCUT2D eigenvalue weighted by Gasteiger charge is -2.13. The van der Waals surface area contributed by atoms with Gasteiger partial charge in [0.25, 0.3) is 0 Å². The lowest BCUT2D eigenvalue weighted by molar-refractivity contribution is -0.129. The molecule has 0 unspecified atom stereocenters. The Kier molecular flexibility index (Phi) is 4.82. The Morgan fingerprint density at radius 2 is 1.83 bits per heavy atom. The molecule has 0 radical (unpaired) electrons. The van der Waals surface area contributed by atoms with Gasteiger partial charge in [-0.2, -0.15) is 0 Å². The van der Waals surface area contributed by atoms with Gasteiger partial charge in [-0.1, -0.05) is 29.5 Å².